The third-order valence-electron chi connectivity index (χ3n) is 1.76. The van der Waals surface area contributed by atoms with Crippen LogP contribution in [0.2, 0.25) is 0 Å². The third kappa shape index (κ3) is 2.08. The molecule has 83 valence electrons. The van der Waals surface area contributed by atoms with Gasteiger partial charge in [0.15, 0.2) is 11.5 Å². The van der Waals surface area contributed by atoms with Crippen LogP contribution < -0.4 is 0 Å². The van der Waals surface area contributed by atoms with Crippen LogP contribution in [0.1, 0.15) is 5.69 Å². The number of rotatable bonds is 1. The second-order valence-corrected chi connectivity index (χ2v) is 3.73. The number of alkyl halides is 3. The molecule has 16 heavy (non-hydrogen) atoms. The highest BCUT2D eigenvalue weighted by Crippen LogP contribution is 2.28. The number of pyridine rings is 1. The van der Waals surface area contributed by atoms with Gasteiger partial charge in [-0.1, -0.05) is 0 Å². The van der Waals surface area contributed by atoms with Crippen molar-refractivity contribution in [3.05, 3.63) is 40.8 Å². The van der Waals surface area contributed by atoms with Crippen molar-refractivity contribution in [3.8, 4) is 5.82 Å². The molecule has 2 heterocycles. The molecule has 0 unspecified atom stereocenters. The average molecular weight is 291 g/mol. The van der Waals surface area contributed by atoms with Crippen LogP contribution in [-0.2, 0) is 6.18 Å². The number of nitrogens with zero attached hydrogens (tertiary/aromatic N) is 3. The van der Waals surface area contributed by atoms with E-state index < -0.39 is 11.9 Å². The van der Waals surface area contributed by atoms with Crippen molar-refractivity contribution < 1.29 is 13.2 Å². The quantitative estimate of drug-likeness (QED) is 0.809. The molecular weight excluding hydrogens is 287 g/mol. The zero-order valence-corrected chi connectivity index (χ0v) is 9.25. The van der Waals surface area contributed by atoms with Crippen LogP contribution >= 0.6 is 15.9 Å². The lowest BCUT2D eigenvalue weighted by Crippen LogP contribution is -2.08. The van der Waals surface area contributed by atoms with Crippen molar-refractivity contribution in [2.75, 3.05) is 0 Å². The lowest BCUT2D eigenvalue weighted by atomic mass is 10.4. The summed E-state index contributed by atoms with van der Waals surface area (Å²) in [4.78, 5) is 3.90. The average Bonchev–Trinajstić information content (AvgIpc) is 2.66. The minimum atomic E-state index is -4.47. The van der Waals surface area contributed by atoms with Gasteiger partial charge in [0.1, 0.15) is 0 Å². The van der Waals surface area contributed by atoms with Gasteiger partial charge in [0.2, 0.25) is 0 Å². The van der Waals surface area contributed by atoms with Crippen molar-refractivity contribution in [3.63, 3.8) is 0 Å². The van der Waals surface area contributed by atoms with Crippen LogP contribution in [0.25, 0.3) is 5.82 Å². The number of halogens is 4. The number of aromatic nitrogens is 3. The lowest BCUT2D eigenvalue weighted by molar-refractivity contribution is -0.141. The summed E-state index contributed by atoms with van der Waals surface area (Å²) in [5.74, 6) is 0.262. The van der Waals surface area contributed by atoms with Crippen LogP contribution in [0.3, 0.4) is 0 Å². The first-order valence-corrected chi connectivity index (χ1v) is 4.93. The van der Waals surface area contributed by atoms with E-state index in [9.17, 15) is 13.2 Å². The van der Waals surface area contributed by atoms with Crippen LogP contribution in [-0.4, -0.2) is 14.8 Å². The summed E-state index contributed by atoms with van der Waals surface area (Å²) in [6.45, 7) is 0. The Morgan fingerprint density at radius 1 is 1.38 bits per heavy atom. The SMILES string of the molecule is FC(F)(F)c1c[c]n(-c2ncccc2Br)n1. The van der Waals surface area contributed by atoms with Crippen molar-refractivity contribution >= 4 is 15.9 Å². The predicted octanol–water partition coefficient (Wildman–Crippen LogP) is 2.85. The minimum absolute atomic E-state index is 0.262. The topological polar surface area (TPSA) is 30.7 Å². The molecule has 0 bridgehead atoms. The van der Waals surface area contributed by atoms with Gasteiger partial charge in [-0.2, -0.15) is 18.3 Å². The van der Waals surface area contributed by atoms with E-state index in [4.69, 9.17) is 0 Å². The molecule has 1 radical (unpaired) electrons. The normalized spacial score (nSPS) is 11.8. The fourth-order valence-corrected chi connectivity index (χ4v) is 1.49. The van der Waals surface area contributed by atoms with Gasteiger partial charge in [0, 0.05) is 6.20 Å². The van der Waals surface area contributed by atoms with Gasteiger partial charge in [-0.3, -0.25) is 0 Å². The van der Waals surface area contributed by atoms with E-state index in [2.05, 4.69) is 32.2 Å². The second kappa shape index (κ2) is 3.89. The molecule has 0 N–H and O–H groups in total. The van der Waals surface area contributed by atoms with Gasteiger partial charge in [-0.05, 0) is 34.1 Å². The highest BCUT2D eigenvalue weighted by molar-refractivity contribution is 9.10. The molecule has 2 aromatic heterocycles. The zero-order chi connectivity index (χ0) is 11.8. The molecule has 3 nitrogen and oxygen atoms in total. The molecule has 2 rings (SSSR count). The Morgan fingerprint density at radius 2 is 2.12 bits per heavy atom. The molecular formula is C9H4BrF3N3. The van der Waals surface area contributed by atoms with E-state index in [1.807, 2.05) is 0 Å². The molecule has 0 spiro atoms. The monoisotopic (exact) mass is 290 g/mol. The third-order valence-corrected chi connectivity index (χ3v) is 2.38. The summed E-state index contributed by atoms with van der Waals surface area (Å²) < 4.78 is 38.4. The Hall–Kier alpha value is -1.37. The molecule has 0 saturated carbocycles. The summed E-state index contributed by atoms with van der Waals surface area (Å²) in [5.41, 5.74) is -0.995. The molecule has 7 heteroatoms. The van der Waals surface area contributed by atoms with Crippen LogP contribution in [0, 0.1) is 6.20 Å². The molecule has 0 aliphatic rings. The first kappa shape index (κ1) is 11.1. The van der Waals surface area contributed by atoms with Gasteiger partial charge in [-0.25, -0.2) is 9.67 Å². The van der Waals surface area contributed by atoms with E-state index >= 15 is 0 Å². The van der Waals surface area contributed by atoms with Crippen molar-refractivity contribution in [2.24, 2.45) is 0 Å². The summed E-state index contributed by atoms with van der Waals surface area (Å²) in [7, 11) is 0. The Bertz CT molecular complexity index is 507. The number of hydrogen-bond donors (Lipinski definition) is 0. The van der Waals surface area contributed by atoms with Gasteiger partial charge in [-0.15, -0.1) is 0 Å². The number of hydrogen-bond acceptors (Lipinski definition) is 2. The van der Waals surface area contributed by atoms with E-state index in [0.717, 1.165) is 10.7 Å². The summed E-state index contributed by atoms with van der Waals surface area (Å²) in [6, 6.07) is 4.09. The molecule has 0 fully saturated rings. The molecule has 0 atom stereocenters. The second-order valence-electron chi connectivity index (χ2n) is 2.88. The standard InChI is InChI=1S/C9H4BrF3N3/c10-6-2-1-4-14-8(6)16-5-3-7(15-16)9(11,12)13/h1-4H. The van der Waals surface area contributed by atoms with Gasteiger partial charge < -0.3 is 0 Å². The maximum Gasteiger partial charge on any atom is 0.435 e. The van der Waals surface area contributed by atoms with Gasteiger partial charge >= 0.3 is 6.18 Å². The largest absolute Gasteiger partial charge is 0.435 e. The molecule has 0 aliphatic heterocycles. The molecule has 0 aliphatic carbocycles. The van der Waals surface area contributed by atoms with E-state index in [1.165, 1.54) is 6.20 Å². The molecule has 2 aromatic rings. The zero-order valence-electron chi connectivity index (χ0n) is 7.66. The Balaban J connectivity index is 2.44. The first-order chi connectivity index (χ1) is 7.48. The maximum atomic E-state index is 12.3. The Labute approximate surface area is 97.0 Å². The van der Waals surface area contributed by atoms with E-state index in [0.29, 0.717) is 4.47 Å². The minimum Gasteiger partial charge on any atom is -0.236 e. The van der Waals surface area contributed by atoms with E-state index in [1.54, 1.807) is 12.1 Å². The molecule has 0 saturated heterocycles. The van der Waals surface area contributed by atoms with Gasteiger partial charge in [0.05, 0.1) is 10.7 Å². The van der Waals surface area contributed by atoms with Crippen LogP contribution in [0.4, 0.5) is 13.2 Å². The molecule has 0 amide bonds. The summed E-state index contributed by atoms with van der Waals surface area (Å²) in [6.07, 6.45) is -0.646. The van der Waals surface area contributed by atoms with E-state index in [-0.39, 0.29) is 5.82 Å². The first-order valence-electron chi connectivity index (χ1n) is 4.14. The highest BCUT2D eigenvalue weighted by atomic mass is 79.9. The van der Waals surface area contributed by atoms with Crippen molar-refractivity contribution in [1.82, 2.24) is 14.8 Å². The molecule has 0 aromatic carbocycles. The van der Waals surface area contributed by atoms with Gasteiger partial charge in [0.25, 0.3) is 0 Å². The summed E-state index contributed by atoms with van der Waals surface area (Å²) >= 11 is 3.17. The maximum absolute atomic E-state index is 12.3. The lowest BCUT2D eigenvalue weighted by Gasteiger charge is -2.03. The Kier molecular flexibility index (Phi) is 2.71. The predicted molar refractivity (Wildman–Crippen MR) is 52.9 cm³/mol. The highest BCUT2D eigenvalue weighted by Gasteiger charge is 2.34. The smallest absolute Gasteiger partial charge is 0.236 e. The fourth-order valence-electron chi connectivity index (χ4n) is 1.07. The summed E-state index contributed by atoms with van der Waals surface area (Å²) in [5, 5.41) is 3.36. The van der Waals surface area contributed by atoms with Crippen LogP contribution in [0.15, 0.2) is 28.9 Å². The van der Waals surface area contributed by atoms with Crippen LogP contribution in [0.5, 0.6) is 0 Å². The van der Waals surface area contributed by atoms with Crippen molar-refractivity contribution in [2.45, 2.75) is 6.18 Å². The van der Waals surface area contributed by atoms with Crippen molar-refractivity contribution in [1.29, 1.82) is 0 Å². The fraction of sp³-hybridized carbons (Fsp3) is 0.111. The Morgan fingerprint density at radius 3 is 2.69 bits per heavy atom.